The molecule has 0 amide bonds. The number of halogens is 1. The molecule has 0 aliphatic carbocycles. The van der Waals surface area contributed by atoms with E-state index >= 15 is 0 Å². The molecular weight excluding hydrogens is 225 g/mol. The Labute approximate surface area is 110 Å². The van der Waals surface area contributed by atoms with Crippen molar-refractivity contribution in [2.45, 2.75) is 51.1 Å². The first-order valence-corrected chi connectivity index (χ1v) is 6.88. The van der Waals surface area contributed by atoms with Gasteiger partial charge in [0, 0.05) is 13.0 Å². The lowest BCUT2D eigenvalue weighted by molar-refractivity contribution is 0.122. The van der Waals surface area contributed by atoms with Gasteiger partial charge >= 0.3 is 0 Å². The number of benzene rings is 1. The van der Waals surface area contributed by atoms with Crippen molar-refractivity contribution in [1.82, 2.24) is 5.32 Å². The van der Waals surface area contributed by atoms with Crippen molar-refractivity contribution in [3.8, 4) is 0 Å². The third-order valence-corrected chi connectivity index (χ3v) is 3.76. The first-order chi connectivity index (χ1) is 8.39. The zero-order valence-corrected chi connectivity index (χ0v) is 11.7. The van der Waals surface area contributed by atoms with Crippen LogP contribution in [0.3, 0.4) is 0 Å². The summed E-state index contributed by atoms with van der Waals surface area (Å²) < 4.78 is 14.5. The SMILES string of the molecule is CC(C)(C)c1ccc(CC2(F)CCCNC2)cc1. The van der Waals surface area contributed by atoms with Crippen molar-refractivity contribution < 1.29 is 4.39 Å². The van der Waals surface area contributed by atoms with E-state index in [1.54, 1.807) is 0 Å². The summed E-state index contributed by atoms with van der Waals surface area (Å²) in [6.07, 6.45) is 2.15. The van der Waals surface area contributed by atoms with Gasteiger partial charge in [-0.3, -0.25) is 0 Å². The number of piperidine rings is 1. The molecule has 0 saturated carbocycles. The maximum absolute atomic E-state index is 14.5. The van der Waals surface area contributed by atoms with Crippen LogP contribution in [0.15, 0.2) is 24.3 Å². The second-order valence-corrected chi connectivity index (χ2v) is 6.55. The maximum Gasteiger partial charge on any atom is 0.127 e. The van der Waals surface area contributed by atoms with Crippen LogP contribution in [0.5, 0.6) is 0 Å². The molecule has 0 aromatic heterocycles. The molecule has 1 aliphatic heterocycles. The summed E-state index contributed by atoms with van der Waals surface area (Å²) in [5.41, 5.74) is 1.52. The summed E-state index contributed by atoms with van der Waals surface area (Å²) in [5, 5.41) is 3.16. The standard InChI is InChI=1S/C16H24FN/c1-15(2,3)14-7-5-13(6-8-14)11-16(17)9-4-10-18-12-16/h5-8,18H,4,9-12H2,1-3H3. The summed E-state index contributed by atoms with van der Waals surface area (Å²) in [4.78, 5) is 0. The number of hydrogen-bond donors (Lipinski definition) is 1. The molecule has 0 radical (unpaired) electrons. The van der Waals surface area contributed by atoms with Gasteiger partial charge in [-0.15, -0.1) is 0 Å². The average molecular weight is 249 g/mol. The highest BCUT2D eigenvalue weighted by molar-refractivity contribution is 5.28. The summed E-state index contributed by atoms with van der Waals surface area (Å²) in [5.74, 6) is 0. The first-order valence-electron chi connectivity index (χ1n) is 6.88. The minimum atomic E-state index is -1.05. The third kappa shape index (κ3) is 3.32. The molecule has 2 heteroatoms. The van der Waals surface area contributed by atoms with E-state index in [9.17, 15) is 4.39 Å². The highest BCUT2D eigenvalue weighted by atomic mass is 19.1. The number of hydrogen-bond acceptors (Lipinski definition) is 1. The Hall–Kier alpha value is -0.890. The molecule has 0 bridgehead atoms. The van der Waals surface area contributed by atoms with Crippen molar-refractivity contribution in [2.24, 2.45) is 0 Å². The van der Waals surface area contributed by atoms with E-state index in [1.807, 2.05) is 0 Å². The molecule has 0 spiro atoms. The molecule has 1 unspecified atom stereocenters. The van der Waals surface area contributed by atoms with Crippen LogP contribution in [0.25, 0.3) is 0 Å². The number of alkyl halides is 1. The summed E-state index contributed by atoms with van der Waals surface area (Å²) in [6.45, 7) is 8.04. The topological polar surface area (TPSA) is 12.0 Å². The average Bonchev–Trinajstić information content (AvgIpc) is 2.29. The van der Waals surface area contributed by atoms with Crippen LogP contribution in [0.2, 0.25) is 0 Å². The number of rotatable bonds is 2. The van der Waals surface area contributed by atoms with Crippen molar-refractivity contribution in [1.29, 1.82) is 0 Å². The zero-order valence-electron chi connectivity index (χ0n) is 11.7. The molecule has 1 nitrogen and oxygen atoms in total. The van der Waals surface area contributed by atoms with E-state index in [4.69, 9.17) is 0 Å². The van der Waals surface area contributed by atoms with Gasteiger partial charge in [0.05, 0.1) is 0 Å². The Morgan fingerprint density at radius 3 is 2.39 bits per heavy atom. The molecule has 1 atom stereocenters. The van der Waals surface area contributed by atoms with E-state index in [0.29, 0.717) is 19.4 Å². The molecule has 18 heavy (non-hydrogen) atoms. The van der Waals surface area contributed by atoms with Crippen LogP contribution < -0.4 is 5.32 Å². The van der Waals surface area contributed by atoms with E-state index in [2.05, 4.69) is 50.4 Å². The molecule has 1 aromatic rings. The van der Waals surface area contributed by atoms with E-state index in [-0.39, 0.29) is 5.41 Å². The Morgan fingerprint density at radius 2 is 1.89 bits per heavy atom. The molecule has 1 aromatic carbocycles. The molecule has 2 rings (SSSR count). The van der Waals surface area contributed by atoms with Crippen LogP contribution >= 0.6 is 0 Å². The predicted octanol–water partition coefficient (Wildman–Crippen LogP) is 3.62. The Morgan fingerprint density at radius 1 is 1.22 bits per heavy atom. The van der Waals surface area contributed by atoms with E-state index in [0.717, 1.165) is 18.5 Å². The van der Waals surface area contributed by atoms with Gasteiger partial charge in [0.2, 0.25) is 0 Å². The van der Waals surface area contributed by atoms with Gasteiger partial charge in [-0.25, -0.2) is 4.39 Å². The maximum atomic E-state index is 14.5. The molecular formula is C16H24FN. The second kappa shape index (κ2) is 5.00. The quantitative estimate of drug-likeness (QED) is 0.844. The third-order valence-electron chi connectivity index (χ3n) is 3.76. The van der Waals surface area contributed by atoms with Crippen LogP contribution in [-0.4, -0.2) is 18.8 Å². The normalized spacial score (nSPS) is 25.1. The van der Waals surface area contributed by atoms with Crippen molar-refractivity contribution in [2.75, 3.05) is 13.1 Å². The van der Waals surface area contributed by atoms with Gasteiger partial charge < -0.3 is 5.32 Å². The fourth-order valence-electron chi connectivity index (χ4n) is 2.57. The van der Waals surface area contributed by atoms with Gasteiger partial charge in [0.25, 0.3) is 0 Å². The van der Waals surface area contributed by atoms with Crippen molar-refractivity contribution in [3.63, 3.8) is 0 Å². The van der Waals surface area contributed by atoms with Crippen molar-refractivity contribution >= 4 is 0 Å². The minimum Gasteiger partial charge on any atom is -0.314 e. The molecule has 1 fully saturated rings. The smallest absolute Gasteiger partial charge is 0.127 e. The lowest BCUT2D eigenvalue weighted by Crippen LogP contribution is -2.43. The van der Waals surface area contributed by atoms with Crippen LogP contribution in [0.4, 0.5) is 4.39 Å². The molecule has 100 valence electrons. The van der Waals surface area contributed by atoms with Gasteiger partial charge in [-0.05, 0) is 35.9 Å². The summed E-state index contributed by atoms with van der Waals surface area (Å²) in [6, 6.07) is 8.43. The van der Waals surface area contributed by atoms with Crippen LogP contribution in [-0.2, 0) is 11.8 Å². The lowest BCUT2D eigenvalue weighted by Gasteiger charge is -2.30. The Balaban J connectivity index is 2.06. The Kier molecular flexibility index (Phi) is 3.76. The highest BCUT2D eigenvalue weighted by Crippen LogP contribution is 2.27. The van der Waals surface area contributed by atoms with E-state index < -0.39 is 5.67 Å². The van der Waals surface area contributed by atoms with Crippen LogP contribution in [0, 0.1) is 0 Å². The fraction of sp³-hybridized carbons (Fsp3) is 0.625. The first kappa shape index (κ1) is 13.5. The monoisotopic (exact) mass is 249 g/mol. The highest BCUT2D eigenvalue weighted by Gasteiger charge is 2.31. The zero-order chi connectivity index (χ0) is 13.2. The largest absolute Gasteiger partial charge is 0.314 e. The van der Waals surface area contributed by atoms with E-state index in [1.165, 1.54) is 5.56 Å². The predicted molar refractivity (Wildman–Crippen MR) is 74.8 cm³/mol. The molecule has 1 heterocycles. The minimum absolute atomic E-state index is 0.165. The fourth-order valence-corrected chi connectivity index (χ4v) is 2.57. The second-order valence-electron chi connectivity index (χ2n) is 6.55. The molecule has 1 saturated heterocycles. The van der Waals surface area contributed by atoms with Gasteiger partial charge in [0.1, 0.15) is 5.67 Å². The van der Waals surface area contributed by atoms with Gasteiger partial charge in [-0.2, -0.15) is 0 Å². The Bertz CT molecular complexity index is 383. The summed E-state index contributed by atoms with van der Waals surface area (Å²) in [7, 11) is 0. The van der Waals surface area contributed by atoms with Gasteiger partial charge in [-0.1, -0.05) is 45.0 Å². The summed E-state index contributed by atoms with van der Waals surface area (Å²) >= 11 is 0. The lowest BCUT2D eigenvalue weighted by atomic mass is 9.85. The van der Waals surface area contributed by atoms with Crippen LogP contribution in [0.1, 0.15) is 44.7 Å². The molecule has 1 aliphatic rings. The van der Waals surface area contributed by atoms with Crippen molar-refractivity contribution in [3.05, 3.63) is 35.4 Å². The van der Waals surface area contributed by atoms with Gasteiger partial charge in [0.15, 0.2) is 0 Å². The number of nitrogens with one attached hydrogen (secondary N) is 1. The molecule has 1 N–H and O–H groups in total.